The summed E-state index contributed by atoms with van der Waals surface area (Å²) in [7, 11) is 0. The first kappa shape index (κ1) is 12.4. The van der Waals surface area contributed by atoms with Gasteiger partial charge in [0.05, 0.1) is 13.2 Å². The lowest BCUT2D eigenvalue weighted by molar-refractivity contribution is -0.142. The summed E-state index contributed by atoms with van der Waals surface area (Å²) in [5, 5.41) is 3.18. The minimum Gasteiger partial charge on any atom is -0.465 e. The molecule has 0 aliphatic carbocycles. The van der Waals surface area contributed by atoms with Gasteiger partial charge in [-0.2, -0.15) is 0 Å². The summed E-state index contributed by atoms with van der Waals surface area (Å²) in [5.74, 6) is -0.156. The molecule has 0 aliphatic heterocycles. The minimum absolute atomic E-state index is 0.156. The van der Waals surface area contributed by atoms with Gasteiger partial charge in [0.2, 0.25) is 0 Å². The predicted octanol–water partition coefficient (Wildman–Crippen LogP) is 1.72. The van der Waals surface area contributed by atoms with Crippen LogP contribution in [0.3, 0.4) is 0 Å². The van der Waals surface area contributed by atoms with Crippen LogP contribution in [0.5, 0.6) is 0 Å². The second-order valence-corrected chi connectivity index (χ2v) is 3.08. The Morgan fingerprint density at radius 2 is 2.08 bits per heavy atom. The first-order valence-electron chi connectivity index (χ1n) is 5.13. The molecule has 0 amide bonds. The Labute approximate surface area is 80.8 Å². The van der Waals surface area contributed by atoms with Gasteiger partial charge in [0.15, 0.2) is 0 Å². The summed E-state index contributed by atoms with van der Waals surface area (Å²) in [5.41, 5.74) is 0. The van der Waals surface area contributed by atoms with Crippen LogP contribution in [0.4, 0.5) is 0 Å². The molecule has 0 aliphatic rings. The van der Waals surface area contributed by atoms with Crippen LogP contribution in [0, 0.1) is 0 Å². The zero-order valence-electron chi connectivity index (χ0n) is 8.93. The van der Waals surface area contributed by atoms with Gasteiger partial charge in [-0.15, -0.1) is 0 Å². The highest BCUT2D eigenvalue weighted by atomic mass is 16.5. The van der Waals surface area contributed by atoms with Gasteiger partial charge >= 0.3 is 5.97 Å². The maximum Gasteiger partial charge on any atom is 0.319 e. The summed E-state index contributed by atoms with van der Waals surface area (Å²) in [6, 6.07) is 0.453. The summed E-state index contributed by atoms with van der Waals surface area (Å²) >= 11 is 0. The van der Waals surface area contributed by atoms with Crippen molar-refractivity contribution in [2.24, 2.45) is 0 Å². The third-order valence-electron chi connectivity index (χ3n) is 1.97. The van der Waals surface area contributed by atoms with Crippen molar-refractivity contribution in [3.63, 3.8) is 0 Å². The third kappa shape index (κ3) is 6.58. The van der Waals surface area contributed by atoms with Gasteiger partial charge in [0.1, 0.15) is 0 Å². The Bertz CT molecular complexity index is 137. The first-order valence-corrected chi connectivity index (χ1v) is 5.13. The topological polar surface area (TPSA) is 38.3 Å². The molecule has 1 unspecified atom stereocenters. The maximum absolute atomic E-state index is 11.0. The van der Waals surface area contributed by atoms with Gasteiger partial charge in [0, 0.05) is 6.04 Å². The second-order valence-electron chi connectivity index (χ2n) is 3.08. The average Bonchev–Trinajstić information content (AvgIpc) is 2.12. The number of hydrogen-bond acceptors (Lipinski definition) is 3. The van der Waals surface area contributed by atoms with E-state index < -0.39 is 0 Å². The Morgan fingerprint density at radius 1 is 1.38 bits per heavy atom. The standard InChI is InChI=1S/C10H21NO2/c1-4-7-9(5-2)11-8-10(12)13-6-3/h9,11H,4-8H2,1-3H3. The number of esters is 1. The number of rotatable bonds is 7. The molecule has 3 heteroatoms. The molecule has 0 rings (SSSR count). The minimum atomic E-state index is -0.156. The van der Waals surface area contributed by atoms with Gasteiger partial charge < -0.3 is 10.1 Å². The Kier molecular flexibility index (Phi) is 7.69. The van der Waals surface area contributed by atoms with E-state index >= 15 is 0 Å². The predicted molar refractivity (Wildman–Crippen MR) is 53.6 cm³/mol. The molecule has 0 saturated heterocycles. The van der Waals surface area contributed by atoms with Gasteiger partial charge in [-0.1, -0.05) is 20.3 Å². The molecule has 0 bridgehead atoms. The van der Waals surface area contributed by atoms with Crippen molar-refractivity contribution in [1.29, 1.82) is 0 Å². The molecule has 0 radical (unpaired) electrons. The quantitative estimate of drug-likeness (QED) is 0.617. The molecule has 13 heavy (non-hydrogen) atoms. The van der Waals surface area contributed by atoms with Crippen molar-refractivity contribution < 1.29 is 9.53 Å². The highest BCUT2D eigenvalue weighted by molar-refractivity contribution is 5.71. The van der Waals surface area contributed by atoms with Crippen LogP contribution in [-0.2, 0) is 9.53 Å². The molecular weight excluding hydrogens is 166 g/mol. The number of carbonyl (C=O) groups excluding carboxylic acids is 1. The molecular formula is C10H21NO2. The largest absolute Gasteiger partial charge is 0.465 e. The molecule has 0 spiro atoms. The van der Waals surface area contributed by atoms with E-state index in [9.17, 15) is 4.79 Å². The van der Waals surface area contributed by atoms with E-state index in [1.54, 1.807) is 0 Å². The monoisotopic (exact) mass is 187 g/mol. The van der Waals surface area contributed by atoms with E-state index in [-0.39, 0.29) is 5.97 Å². The second kappa shape index (κ2) is 8.05. The fourth-order valence-electron chi connectivity index (χ4n) is 1.24. The molecule has 0 saturated carbocycles. The molecule has 0 aromatic heterocycles. The lowest BCUT2D eigenvalue weighted by atomic mass is 10.1. The fraction of sp³-hybridized carbons (Fsp3) is 0.900. The summed E-state index contributed by atoms with van der Waals surface area (Å²) < 4.78 is 4.81. The highest BCUT2D eigenvalue weighted by Crippen LogP contribution is 1.99. The maximum atomic E-state index is 11.0. The van der Waals surface area contributed by atoms with Crippen LogP contribution in [0.2, 0.25) is 0 Å². The van der Waals surface area contributed by atoms with Crippen molar-refractivity contribution in [3.8, 4) is 0 Å². The fourth-order valence-corrected chi connectivity index (χ4v) is 1.24. The average molecular weight is 187 g/mol. The number of nitrogens with one attached hydrogen (secondary N) is 1. The summed E-state index contributed by atoms with van der Waals surface area (Å²) in [6.07, 6.45) is 3.33. The molecule has 78 valence electrons. The van der Waals surface area contributed by atoms with Crippen LogP contribution in [0.15, 0.2) is 0 Å². The molecule has 0 aromatic rings. The normalized spacial score (nSPS) is 12.5. The summed E-state index contributed by atoms with van der Waals surface area (Å²) in [6.45, 7) is 6.89. The van der Waals surface area contributed by atoms with Crippen LogP contribution >= 0.6 is 0 Å². The van der Waals surface area contributed by atoms with E-state index in [2.05, 4.69) is 19.2 Å². The van der Waals surface area contributed by atoms with Crippen molar-refractivity contribution in [2.75, 3.05) is 13.2 Å². The van der Waals surface area contributed by atoms with E-state index in [0.717, 1.165) is 19.3 Å². The van der Waals surface area contributed by atoms with Gasteiger partial charge in [-0.05, 0) is 19.8 Å². The zero-order chi connectivity index (χ0) is 10.1. The number of carbonyl (C=O) groups is 1. The Hall–Kier alpha value is -0.570. The smallest absolute Gasteiger partial charge is 0.319 e. The number of hydrogen-bond donors (Lipinski definition) is 1. The van der Waals surface area contributed by atoms with Crippen LogP contribution in [0.1, 0.15) is 40.0 Å². The molecule has 1 N–H and O–H groups in total. The molecule has 0 heterocycles. The van der Waals surface area contributed by atoms with E-state index in [1.807, 2.05) is 6.92 Å². The lowest BCUT2D eigenvalue weighted by Gasteiger charge is -2.14. The van der Waals surface area contributed by atoms with Crippen LogP contribution in [-0.4, -0.2) is 25.2 Å². The van der Waals surface area contributed by atoms with Crippen molar-refractivity contribution in [1.82, 2.24) is 5.32 Å². The highest BCUT2D eigenvalue weighted by Gasteiger charge is 2.07. The van der Waals surface area contributed by atoms with E-state index in [1.165, 1.54) is 0 Å². The van der Waals surface area contributed by atoms with Gasteiger partial charge in [-0.25, -0.2) is 0 Å². The van der Waals surface area contributed by atoms with Crippen molar-refractivity contribution >= 4 is 5.97 Å². The van der Waals surface area contributed by atoms with Crippen molar-refractivity contribution in [3.05, 3.63) is 0 Å². The molecule has 0 fully saturated rings. The zero-order valence-corrected chi connectivity index (χ0v) is 8.93. The molecule has 0 aromatic carbocycles. The number of ether oxygens (including phenoxy) is 1. The Morgan fingerprint density at radius 3 is 2.54 bits per heavy atom. The third-order valence-corrected chi connectivity index (χ3v) is 1.97. The lowest BCUT2D eigenvalue weighted by Crippen LogP contribution is -2.33. The van der Waals surface area contributed by atoms with Gasteiger partial charge in [-0.3, -0.25) is 4.79 Å². The van der Waals surface area contributed by atoms with E-state index in [4.69, 9.17) is 4.74 Å². The van der Waals surface area contributed by atoms with Crippen LogP contribution < -0.4 is 5.32 Å². The van der Waals surface area contributed by atoms with Gasteiger partial charge in [0.25, 0.3) is 0 Å². The SMILES string of the molecule is CCCC(CC)NCC(=O)OCC. The van der Waals surface area contributed by atoms with Crippen LogP contribution in [0.25, 0.3) is 0 Å². The molecule has 3 nitrogen and oxygen atoms in total. The van der Waals surface area contributed by atoms with Crippen molar-refractivity contribution in [2.45, 2.75) is 46.1 Å². The molecule has 1 atom stereocenters. The summed E-state index contributed by atoms with van der Waals surface area (Å²) in [4.78, 5) is 11.0. The first-order chi connectivity index (χ1) is 6.24. The van der Waals surface area contributed by atoms with E-state index in [0.29, 0.717) is 19.2 Å². The Balaban J connectivity index is 3.52.